The third-order valence-corrected chi connectivity index (χ3v) is 9.90. The van der Waals surface area contributed by atoms with Crippen LogP contribution in [0.15, 0.2) is 35.3 Å². The molecule has 5 aliphatic rings. The molecule has 1 aliphatic heterocycles. The van der Waals surface area contributed by atoms with Crippen LogP contribution in [0.3, 0.4) is 0 Å². The molecule has 2 aromatic heterocycles. The van der Waals surface area contributed by atoms with Crippen LogP contribution in [-0.2, 0) is 5.54 Å². The van der Waals surface area contributed by atoms with Crippen LogP contribution < -0.4 is 10.5 Å². The molecule has 4 aliphatic carbocycles. The molecule has 0 unspecified atom stereocenters. The Balaban J connectivity index is 1.49. The largest absolute Gasteiger partial charge is 0.338 e. The predicted molar refractivity (Wildman–Crippen MR) is 145 cm³/mol. The van der Waals surface area contributed by atoms with Crippen LogP contribution in [0.4, 0.5) is 5.95 Å². The summed E-state index contributed by atoms with van der Waals surface area (Å²) >= 11 is 6.67. The lowest BCUT2D eigenvalue weighted by atomic mass is 9.53. The molecule has 0 atom stereocenters. The molecule has 0 radical (unpaired) electrons. The van der Waals surface area contributed by atoms with Gasteiger partial charge in [-0.05, 0) is 81.9 Å². The van der Waals surface area contributed by atoms with Crippen LogP contribution in [0.25, 0.3) is 22.2 Å². The molecule has 3 heterocycles. The van der Waals surface area contributed by atoms with Gasteiger partial charge in [-0.2, -0.15) is 4.98 Å². The number of piperazine rings is 1. The number of aromatic nitrogens is 3. The predicted octanol–water partition coefficient (Wildman–Crippen LogP) is 5.10. The first-order chi connectivity index (χ1) is 17.4. The molecule has 1 saturated heterocycles. The smallest absolute Gasteiger partial charge is 0.260 e. The Kier molecular flexibility index (Phi) is 5.23. The number of pyridine rings is 1. The molecule has 8 rings (SSSR count). The molecule has 0 N–H and O–H groups in total. The number of hydrogen-bond acceptors (Lipinski definition) is 5. The number of aryl methyl sites for hydroxylation is 1. The number of nitrogens with zero attached hydrogens (tertiary/aromatic N) is 5. The van der Waals surface area contributed by atoms with E-state index in [1.165, 1.54) is 19.3 Å². The van der Waals surface area contributed by atoms with Crippen molar-refractivity contribution in [3.63, 3.8) is 0 Å². The Bertz CT molecular complexity index is 1370. The SMILES string of the molecule is Cc1c(-c2ccccc2Cl)c(=O)n(C23CC4CC(CC(C4)C2)C3)c2nc(N3CCN(C)CC3)ncc12. The van der Waals surface area contributed by atoms with Crippen molar-refractivity contribution in [1.82, 2.24) is 19.4 Å². The van der Waals surface area contributed by atoms with Crippen molar-refractivity contribution in [3.8, 4) is 11.1 Å². The van der Waals surface area contributed by atoms with E-state index >= 15 is 0 Å². The van der Waals surface area contributed by atoms with E-state index in [0.29, 0.717) is 10.6 Å². The van der Waals surface area contributed by atoms with Crippen molar-refractivity contribution in [2.45, 2.75) is 51.0 Å². The molecule has 36 heavy (non-hydrogen) atoms. The Morgan fingerprint density at radius 1 is 0.972 bits per heavy atom. The number of fused-ring (bicyclic) bond motifs is 1. The average Bonchev–Trinajstić information content (AvgIpc) is 2.84. The fraction of sp³-hybridized carbons (Fsp3) is 0.552. The van der Waals surface area contributed by atoms with E-state index in [2.05, 4.69) is 21.4 Å². The fourth-order valence-electron chi connectivity index (χ4n) is 8.22. The van der Waals surface area contributed by atoms with Crippen LogP contribution in [0, 0.1) is 24.7 Å². The van der Waals surface area contributed by atoms with Crippen molar-refractivity contribution < 1.29 is 0 Å². The maximum absolute atomic E-state index is 14.6. The summed E-state index contributed by atoms with van der Waals surface area (Å²) in [6.07, 6.45) is 9.22. The molecular weight excluding hydrogens is 470 g/mol. The third-order valence-electron chi connectivity index (χ3n) is 9.57. The molecular formula is C29H34ClN5O. The number of likely N-dealkylation sites (N-methyl/N-ethyl adjacent to an activating group) is 1. The normalized spacial score (nSPS) is 29.9. The summed E-state index contributed by atoms with van der Waals surface area (Å²) in [5.41, 5.74) is 3.18. The zero-order chi connectivity index (χ0) is 24.6. The van der Waals surface area contributed by atoms with E-state index < -0.39 is 0 Å². The summed E-state index contributed by atoms with van der Waals surface area (Å²) in [5, 5.41) is 1.59. The van der Waals surface area contributed by atoms with Gasteiger partial charge in [0.15, 0.2) is 0 Å². The van der Waals surface area contributed by atoms with Gasteiger partial charge in [-0.25, -0.2) is 4.98 Å². The Labute approximate surface area is 217 Å². The summed E-state index contributed by atoms with van der Waals surface area (Å²) in [7, 11) is 2.16. The number of halogens is 1. The Hall–Kier alpha value is -2.44. The quantitative estimate of drug-likeness (QED) is 0.498. The first-order valence-electron chi connectivity index (χ1n) is 13.5. The van der Waals surface area contributed by atoms with Crippen molar-refractivity contribution in [1.29, 1.82) is 0 Å². The summed E-state index contributed by atoms with van der Waals surface area (Å²) in [4.78, 5) is 29.3. The van der Waals surface area contributed by atoms with Gasteiger partial charge in [0.05, 0.1) is 11.1 Å². The Morgan fingerprint density at radius 3 is 2.25 bits per heavy atom. The highest BCUT2D eigenvalue weighted by Crippen LogP contribution is 2.59. The van der Waals surface area contributed by atoms with Gasteiger partial charge in [0, 0.05) is 48.3 Å². The van der Waals surface area contributed by atoms with E-state index in [1.54, 1.807) is 0 Å². The second kappa shape index (κ2) is 8.29. The van der Waals surface area contributed by atoms with Crippen LogP contribution in [-0.4, -0.2) is 52.7 Å². The van der Waals surface area contributed by atoms with Crippen LogP contribution in [0.1, 0.15) is 44.1 Å². The van der Waals surface area contributed by atoms with Gasteiger partial charge in [0.25, 0.3) is 5.56 Å². The minimum atomic E-state index is -0.151. The number of hydrogen-bond donors (Lipinski definition) is 0. The van der Waals surface area contributed by atoms with Crippen molar-refractivity contribution >= 4 is 28.6 Å². The monoisotopic (exact) mass is 503 g/mol. The first-order valence-corrected chi connectivity index (χ1v) is 13.9. The standard InChI is InChI=1S/C29H34ClN5O/c1-18-23-17-31-28(34-9-7-33(2)8-10-34)32-26(23)35(27(36)25(18)22-5-3-4-6-24(22)30)29-14-19-11-20(15-29)13-21(12-19)16-29/h3-6,17,19-21H,7-16H2,1-2H3. The second-order valence-corrected chi connectivity index (χ2v) is 12.4. The number of rotatable bonds is 3. The second-order valence-electron chi connectivity index (χ2n) is 12.0. The first kappa shape index (κ1) is 22.7. The molecule has 4 saturated carbocycles. The van der Waals surface area contributed by atoms with Gasteiger partial charge in [-0.3, -0.25) is 9.36 Å². The van der Waals surface area contributed by atoms with Crippen LogP contribution >= 0.6 is 11.6 Å². The van der Waals surface area contributed by atoms with Crippen LogP contribution in [0.5, 0.6) is 0 Å². The topological polar surface area (TPSA) is 54.3 Å². The maximum Gasteiger partial charge on any atom is 0.260 e. The van der Waals surface area contributed by atoms with E-state index in [9.17, 15) is 4.79 Å². The molecule has 6 nitrogen and oxygen atoms in total. The lowest BCUT2D eigenvalue weighted by Crippen LogP contribution is -2.55. The third kappa shape index (κ3) is 3.44. The summed E-state index contributed by atoms with van der Waals surface area (Å²) in [6.45, 7) is 5.83. The van der Waals surface area contributed by atoms with Gasteiger partial charge in [0.1, 0.15) is 5.65 Å². The van der Waals surface area contributed by atoms with E-state index in [4.69, 9.17) is 21.6 Å². The lowest BCUT2D eigenvalue weighted by Gasteiger charge is -2.57. The minimum absolute atomic E-state index is 0.0677. The van der Waals surface area contributed by atoms with Gasteiger partial charge < -0.3 is 9.80 Å². The molecule has 7 heteroatoms. The lowest BCUT2D eigenvalue weighted by molar-refractivity contribution is -0.0426. The van der Waals surface area contributed by atoms with Gasteiger partial charge in [-0.1, -0.05) is 29.8 Å². The molecule has 4 bridgehead atoms. The van der Waals surface area contributed by atoms with Gasteiger partial charge >= 0.3 is 0 Å². The van der Waals surface area contributed by atoms with Crippen molar-refractivity contribution in [2.75, 3.05) is 38.1 Å². The summed E-state index contributed by atoms with van der Waals surface area (Å²) in [5.74, 6) is 2.92. The average molecular weight is 504 g/mol. The van der Waals surface area contributed by atoms with E-state index in [-0.39, 0.29) is 11.1 Å². The number of benzene rings is 1. The molecule has 0 spiro atoms. The highest BCUT2D eigenvalue weighted by molar-refractivity contribution is 6.33. The summed E-state index contributed by atoms with van der Waals surface area (Å²) < 4.78 is 2.14. The minimum Gasteiger partial charge on any atom is -0.338 e. The fourth-order valence-corrected chi connectivity index (χ4v) is 8.45. The highest BCUT2D eigenvalue weighted by atomic mass is 35.5. The zero-order valence-electron chi connectivity index (χ0n) is 21.2. The molecule has 188 valence electrons. The Morgan fingerprint density at radius 2 is 1.61 bits per heavy atom. The molecule has 1 aromatic carbocycles. The molecule has 0 amide bonds. The van der Waals surface area contributed by atoms with E-state index in [0.717, 1.165) is 91.3 Å². The number of anilines is 1. The van der Waals surface area contributed by atoms with E-state index in [1.807, 2.05) is 37.4 Å². The van der Waals surface area contributed by atoms with Crippen molar-refractivity contribution in [2.24, 2.45) is 17.8 Å². The zero-order valence-corrected chi connectivity index (χ0v) is 22.0. The van der Waals surface area contributed by atoms with Gasteiger partial charge in [-0.15, -0.1) is 0 Å². The molecule has 3 aromatic rings. The maximum atomic E-state index is 14.6. The molecule has 5 fully saturated rings. The van der Waals surface area contributed by atoms with Crippen molar-refractivity contribution in [3.05, 3.63) is 51.4 Å². The highest BCUT2D eigenvalue weighted by Gasteiger charge is 2.53. The summed E-state index contributed by atoms with van der Waals surface area (Å²) in [6, 6.07) is 7.74. The van der Waals surface area contributed by atoms with Crippen LogP contribution in [0.2, 0.25) is 5.02 Å². The van der Waals surface area contributed by atoms with Gasteiger partial charge in [0.2, 0.25) is 5.95 Å².